The van der Waals surface area contributed by atoms with Crippen LogP contribution in [0, 0.1) is 5.92 Å². The summed E-state index contributed by atoms with van der Waals surface area (Å²) in [5.41, 5.74) is 0. The number of rotatable bonds is 3. The first-order valence-corrected chi connectivity index (χ1v) is 5.16. The Morgan fingerprint density at radius 3 is 3.00 bits per heavy atom. The quantitative estimate of drug-likeness (QED) is 0.702. The highest BCUT2D eigenvalue weighted by Gasteiger charge is 2.18. The van der Waals surface area contributed by atoms with Gasteiger partial charge in [-0.1, -0.05) is 19.8 Å². The highest BCUT2D eigenvalue weighted by Crippen LogP contribution is 2.15. The number of carboxylic acids is 1. The van der Waals surface area contributed by atoms with E-state index in [1.54, 1.807) is 6.92 Å². The Kier molecular flexibility index (Phi) is 4.22. The SMILES string of the molecule is CC(CC1CCCCCN1)C(=O)O. The van der Waals surface area contributed by atoms with Gasteiger partial charge in [0, 0.05) is 6.04 Å². The third kappa shape index (κ3) is 3.77. The van der Waals surface area contributed by atoms with Crippen LogP contribution in [0.2, 0.25) is 0 Å². The zero-order chi connectivity index (χ0) is 9.68. The fraction of sp³-hybridized carbons (Fsp3) is 0.900. The van der Waals surface area contributed by atoms with E-state index in [0.29, 0.717) is 6.04 Å². The third-order valence-electron chi connectivity index (χ3n) is 2.72. The predicted octanol–water partition coefficient (Wildman–Crippen LogP) is 1.63. The molecule has 0 bridgehead atoms. The Bertz CT molecular complexity index is 162. The van der Waals surface area contributed by atoms with Crippen molar-refractivity contribution in [2.24, 2.45) is 5.92 Å². The lowest BCUT2D eigenvalue weighted by molar-refractivity contribution is -0.141. The molecule has 1 fully saturated rings. The molecule has 76 valence electrons. The second kappa shape index (κ2) is 5.22. The van der Waals surface area contributed by atoms with E-state index >= 15 is 0 Å². The van der Waals surface area contributed by atoms with Crippen molar-refractivity contribution in [2.75, 3.05) is 6.54 Å². The van der Waals surface area contributed by atoms with Crippen LogP contribution in [0.1, 0.15) is 39.0 Å². The fourth-order valence-electron chi connectivity index (χ4n) is 1.83. The van der Waals surface area contributed by atoms with Gasteiger partial charge in [0.1, 0.15) is 0 Å². The number of aliphatic carboxylic acids is 1. The molecular formula is C10H19NO2. The van der Waals surface area contributed by atoms with Crippen molar-refractivity contribution in [2.45, 2.75) is 45.1 Å². The summed E-state index contributed by atoms with van der Waals surface area (Å²) < 4.78 is 0. The molecule has 0 aromatic heterocycles. The number of hydrogen-bond donors (Lipinski definition) is 2. The van der Waals surface area contributed by atoms with Crippen LogP contribution in [-0.4, -0.2) is 23.7 Å². The van der Waals surface area contributed by atoms with Crippen molar-refractivity contribution in [3.8, 4) is 0 Å². The maximum atomic E-state index is 10.6. The molecule has 0 aromatic rings. The van der Waals surface area contributed by atoms with E-state index in [2.05, 4.69) is 5.32 Å². The van der Waals surface area contributed by atoms with E-state index in [-0.39, 0.29) is 5.92 Å². The van der Waals surface area contributed by atoms with E-state index in [4.69, 9.17) is 5.11 Å². The monoisotopic (exact) mass is 185 g/mol. The minimum absolute atomic E-state index is 0.212. The fourth-order valence-corrected chi connectivity index (χ4v) is 1.83. The summed E-state index contributed by atoms with van der Waals surface area (Å²) in [6.45, 7) is 2.84. The molecule has 0 spiro atoms. The second-order valence-corrected chi connectivity index (χ2v) is 3.98. The first kappa shape index (κ1) is 10.5. The summed E-state index contributed by atoms with van der Waals surface area (Å²) in [4.78, 5) is 10.6. The van der Waals surface area contributed by atoms with Crippen molar-refractivity contribution >= 4 is 5.97 Å². The average molecular weight is 185 g/mol. The zero-order valence-electron chi connectivity index (χ0n) is 8.25. The molecular weight excluding hydrogens is 166 g/mol. The average Bonchev–Trinajstić information content (AvgIpc) is 2.32. The topological polar surface area (TPSA) is 49.3 Å². The molecule has 0 saturated carbocycles. The molecule has 1 saturated heterocycles. The molecule has 13 heavy (non-hydrogen) atoms. The van der Waals surface area contributed by atoms with Gasteiger partial charge in [-0.05, 0) is 25.8 Å². The van der Waals surface area contributed by atoms with Gasteiger partial charge in [0.05, 0.1) is 5.92 Å². The number of carbonyl (C=O) groups is 1. The Hall–Kier alpha value is -0.570. The predicted molar refractivity (Wildman–Crippen MR) is 51.7 cm³/mol. The molecule has 1 aliphatic rings. The van der Waals surface area contributed by atoms with E-state index in [0.717, 1.165) is 19.4 Å². The van der Waals surface area contributed by atoms with E-state index in [1.165, 1.54) is 19.3 Å². The molecule has 0 aliphatic carbocycles. The highest BCUT2D eigenvalue weighted by molar-refractivity contribution is 5.69. The molecule has 0 amide bonds. The van der Waals surface area contributed by atoms with Crippen LogP contribution in [0.5, 0.6) is 0 Å². The maximum Gasteiger partial charge on any atom is 0.306 e. The van der Waals surface area contributed by atoms with Gasteiger partial charge in [-0.2, -0.15) is 0 Å². The lowest BCUT2D eigenvalue weighted by atomic mass is 9.99. The van der Waals surface area contributed by atoms with E-state index < -0.39 is 5.97 Å². The first-order chi connectivity index (χ1) is 6.20. The van der Waals surface area contributed by atoms with E-state index in [1.807, 2.05) is 0 Å². The Labute approximate surface area is 79.5 Å². The van der Waals surface area contributed by atoms with Crippen molar-refractivity contribution in [3.63, 3.8) is 0 Å². The minimum atomic E-state index is -0.675. The molecule has 3 heteroatoms. The lowest BCUT2D eigenvalue weighted by Gasteiger charge is -2.17. The lowest BCUT2D eigenvalue weighted by Crippen LogP contribution is -2.31. The Morgan fingerprint density at radius 2 is 2.31 bits per heavy atom. The molecule has 2 unspecified atom stereocenters. The molecule has 3 nitrogen and oxygen atoms in total. The van der Waals surface area contributed by atoms with Gasteiger partial charge in [0.15, 0.2) is 0 Å². The van der Waals surface area contributed by atoms with Gasteiger partial charge in [-0.25, -0.2) is 0 Å². The molecule has 2 N–H and O–H groups in total. The van der Waals surface area contributed by atoms with Gasteiger partial charge in [-0.15, -0.1) is 0 Å². The zero-order valence-corrected chi connectivity index (χ0v) is 8.25. The summed E-state index contributed by atoms with van der Waals surface area (Å²) in [5.74, 6) is -0.887. The van der Waals surface area contributed by atoms with Crippen LogP contribution in [0.15, 0.2) is 0 Å². The van der Waals surface area contributed by atoms with Crippen LogP contribution in [0.25, 0.3) is 0 Å². The van der Waals surface area contributed by atoms with E-state index in [9.17, 15) is 4.79 Å². The van der Waals surface area contributed by atoms with Crippen LogP contribution < -0.4 is 5.32 Å². The van der Waals surface area contributed by atoms with Crippen molar-refractivity contribution in [3.05, 3.63) is 0 Å². The Balaban J connectivity index is 2.29. The van der Waals surface area contributed by atoms with Crippen molar-refractivity contribution in [1.29, 1.82) is 0 Å². The number of hydrogen-bond acceptors (Lipinski definition) is 2. The minimum Gasteiger partial charge on any atom is -0.481 e. The van der Waals surface area contributed by atoms with Crippen LogP contribution in [0.4, 0.5) is 0 Å². The smallest absolute Gasteiger partial charge is 0.306 e. The van der Waals surface area contributed by atoms with Crippen LogP contribution in [-0.2, 0) is 4.79 Å². The molecule has 1 aliphatic heterocycles. The van der Waals surface area contributed by atoms with Gasteiger partial charge in [0.25, 0.3) is 0 Å². The summed E-state index contributed by atoms with van der Waals surface area (Å²) in [6, 6.07) is 0.425. The number of nitrogens with one attached hydrogen (secondary N) is 1. The molecule has 0 radical (unpaired) electrons. The summed E-state index contributed by atoms with van der Waals surface area (Å²) >= 11 is 0. The van der Waals surface area contributed by atoms with Crippen molar-refractivity contribution < 1.29 is 9.90 Å². The van der Waals surface area contributed by atoms with Crippen LogP contribution in [0.3, 0.4) is 0 Å². The normalized spacial score (nSPS) is 26.4. The number of carboxylic acid groups (broad SMARTS) is 1. The molecule has 1 rings (SSSR count). The second-order valence-electron chi connectivity index (χ2n) is 3.98. The molecule has 2 atom stereocenters. The summed E-state index contributed by atoms with van der Waals surface area (Å²) in [6.07, 6.45) is 5.67. The largest absolute Gasteiger partial charge is 0.481 e. The maximum absolute atomic E-state index is 10.6. The Morgan fingerprint density at radius 1 is 1.54 bits per heavy atom. The highest BCUT2D eigenvalue weighted by atomic mass is 16.4. The van der Waals surface area contributed by atoms with Gasteiger partial charge < -0.3 is 10.4 Å². The van der Waals surface area contributed by atoms with Crippen molar-refractivity contribution in [1.82, 2.24) is 5.32 Å². The summed E-state index contributed by atoms with van der Waals surface area (Å²) in [5, 5.41) is 12.2. The van der Waals surface area contributed by atoms with Gasteiger partial charge in [-0.3, -0.25) is 4.79 Å². The molecule has 1 heterocycles. The first-order valence-electron chi connectivity index (χ1n) is 5.16. The van der Waals surface area contributed by atoms with Crippen LogP contribution >= 0.6 is 0 Å². The third-order valence-corrected chi connectivity index (χ3v) is 2.72. The molecule has 0 aromatic carbocycles. The standard InChI is InChI=1S/C10H19NO2/c1-8(10(12)13)7-9-5-3-2-4-6-11-9/h8-9,11H,2-7H2,1H3,(H,12,13). The summed E-state index contributed by atoms with van der Waals surface area (Å²) in [7, 11) is 0. The van der Waals surface area contributed by atoms with Gasteiger partial charge in [0.2, 0.25) is 0 Å². The van der Waals surface area contributed by atoms with Gasteiger partial charge >= 0.3 is 5.97 Å².